The Morgan fingerprint density at radius 2 is 2.07 bits per heavy atom. The molecular formula is C10H11NO3. The topological polar surface area (TPSA) is 52.2 Å². The van der Waals surface area contributed by atoms with Crippen LogP contribution in [0.15, 0.2) is 26.7 Å². The van der Waals surface area contributed by atoms with Gasteiger partial charge in [0.1, 0.15) is 0 Å². The molecule has 0 spiro atoms. The first-order valence-corrected chi connectivity index (χ1v) is 4.11. The molecule has 0 aliphatic rings. The van der Waals surface area contributed by atoms with Gasteiger partial charge < -0.3 is 4.42 Å². The Bertz CT molecular complexity index is 491. The molecule has 1 aromatic heterocycles. The molecule has 74 valence electrons. The fourth-order valence-electron chi connectivity index (χ4n) is 1.15. The molecule has 0 fully saturated rings. The molecule has 0 bridgehead atoms. The summed E-state index contributed by atoms with van der Waals surface area (Å²) in [6, 6.07) is 0. The fourth-order valence-corrected chi connectivity index (χ4v) is 1.15. The lowest BCUT2D eigenvalue weighted by Crippen LogP contribution is -2.26. The van der Waals surface area contributed by atoms with Crippen molar-refractivity contribution in [3.05, 3.63) is 44.9 Å². The van der Waals surface area contributed by atoms with Crippen LogP contribution in [0.1, 0.15) is 18.2 Å². The number of hydrogen-bond donors (Lipinski definition) is 0. The summed E-state index contributed by atoms with van der Waals surface area (Å²) in [4.78, 5) is 22.4. The monoisotopic (exact) mass is 193 g/mol. The van der Waals surface area contributed by atoms with Crippen LogP contribution in [-0.4, -0.2) is 4.57 Å². The van der Waals surface area contributed by atoms with E-state index in [1.807, 2.05) is 0 Å². The minimum Gasteiger partial charge on any atom is -0.372 e. The molecule has 0 aromatic carbocycles. The number of rotatable bonds is 2. The van der Waals surface area contributed by atoms with Gasteiger partial charge in [-0.3, -0.25) is 4.57 Å². The highest BCUT2D eigenvalue weighted by Crippen LogP contribution is 2.04. The largest absolute Gasteiger partial charge is 0.422 e. The average Bonchev–Trinajstić information content (AvgIpc) is 2.15. The highest BCUT2D eigenvalue weighted by molar-refractivity contribution is 5.60. The lowest BCUT2D eigenvalue weighted by atomic mass is 10.2. The maximum Gasteiger partial charge on any atom is 0.422 e. The van der Waals surface area contributed by atoms with E-state index in [-0.39, 0.29) is 0 Å². The average molecular weight is 193 g/mol. The molecule has 4 heteroatoms. The minimum atomic E-state index is -0.682. The van der Waals surface area contributed by atoms with Crippen molar-refractivity contribution < 1.29 is 4.42 Å². The van der Waals surface area contributed by atoms with Gasteiger partial charge in [-0.15, -0.1) is 0 Å². The van der Waals surface area contributed by atoms with E-state index in [0.717, 1.165) is 0 Å². The van der Waals surface area contributed by atoms with Crippen molar-refractivity contribution in [1.29, 1.82) is 0 Å². The first-order valence-electron chi connectivity index (χ1n) is 4.11. The number of hydrogen-bond acceptors (Lipinski definition) is 3. The summed E-state index contributed by atoms with van der Waals surface area (Å²) in [6.45, 7) is 5.32. The predicted octanol–water partition coefficient (Wildman–Crippen LogP) is 1.01. The summed E-state index contributed by atoms with van der Waals surface area (Å²) in [7, 11) is 1.52. The van der Waals surface area contributed by atoms with Gasteiger partial charge in [0.15, 0.2) is 0 Å². The third kappa shape index (κ3) is 1.59. The van der Waals surface area contributed by atoms with E-state index in [4.69, 9.17) is 0 Å². The Kier molecular flexibility index (Phi) is 2.86. The highest BCUT2D eigenvalue weighted by atomic mass is 16.4. The molecule has 0 aliphatic carbocycles. The van der Waals surface area contributed by atoms with Crippen molar-refractivity contribution in [2.24, 2.45) is 7.05 Å². The first kappa shape index (κ1) is 10.2. The lowest BCUT2D eigenvalue weighted by molar-refractivity contribution is 0.416. The van der Waals surface area contributed by atoms with Crippen LogP contribution in [-0.2, 0) is 7.05 Å². The van der Waals surface area contributed by atoms with Gasteiger partial charge >= 0.3 is 11.4 Å². The van der Waals surface area contributed by atoms with Crippen LogP contribution in [0.5, 0.6) is 0 Å². The summed E-state index contributed by atoms with van der Waals surface area (Å²) in [5.41, 5.74) is 0.162. The Hall–Kier alpha value is -1.84. The summed E-state index contributed by atoms with van der Waals surface area (Å²) in [6.07, 6.45) is 4.74. The molecule has 4 nitrogen and oxygen atoms in total. The minimum absolute atomic E-state index is 0.338. The van der Waals surface area contributed by atoms with Crippen molar-refractivity contribution in [2.75, 3.05) is 0 Å². The van der Waals surface area contributed by atoms with Crippen LogP contribution in [0.25, 0.3) is 12.2 Å². The number of aromatic nitrogens is 1. The van der Waals surface area contributed by atoms with Crippen LogP contribution < -0.4 is 11.4 Å². The molecule has 0 saturated heterocycles. The maximum atomic E-state index is 11.3. The van der Waals surface area contributed by atoms with Gasteiger partial charge in [0.2, 0.25) is 0 Å². The third-order valence-electron chi connectivity index (χ3n) is 1.84. The first-order chi connectivity index (χ1) is 6.61. The Labute approximate surface area is 80.8 Å². The van der Waals surface area contributed by atoms with Crippen LogP contribution in [0.2, 0.25) is 0 Å². The van der Waals surface area contributed by atoms with Crippen molar-refractivity contribution in [3.8, 4) is 0 Å². The van der Waals surface area contributed by atoms with Gasteiger partial charge in [0.25, 0.3) is 0 Å². The molecule has 1 heterocycles. The van der Waals surface area contributed by atoms with Crippen LogP contribution in [0.3, 0.4) is 0 Å². The summed E-state index contributed by atoms with van der Waals surface area (Å²) in [5, 5.41) is 0. The fraction of sp³-hybridized carbons (Fsp3) is 0.200. The van der Waals surface area contributed by atoms with Gasteiger partial charge in [0, 0.05) is 7.05 Å². The molecule has 0 radical (unpaired) electrons. The predicted molar refractivity (Wildman–Crippen MR) is 55.0 cm³/mol. The van der Waals surface area contributed by atoms with Gasteiger partial charge in [-0.05, 0) is 19.1 Å². The summed E-state index contributed by atoms with van der Waals surface area (Å²) < 4.78 is 5.73. The van der Waals surface area contributed by atoms with Gasteiger partial charge in [-0.2, -0.15) is 0 Å². The highest BCUT2D eigenvalue weighted by Gasteiger charge is 2.08. The second-order valence-electron chi connectivity index (χ2n) is 2.72. The van der Waals surface area contributed by atoms with E-state index in [0.29, 0.717) is 11.3 Å². The van der Waals surface area contributed by atoms with E-state index in [9.17, 15) is 9.59 Å². The van der Waals surface area contributed by atoms with E-state index in [1.165, 1.54) is 17.7 Å². The Morgan fingerprint density at radius 1 is 1.43 bits per heavy atom. The van der Waals surface area contributed by atoms with E-state index in [1.54, 1.807) is 19.1 Å². The van der Waals surface area contributed by atoms with Crippen LogP contribution in [0, 0.1) is 0 Å². The second-order valence-corrected chi connectivity index (χ2v) is 2.72. The molecule has 0 unspecified atom stereocenters. The molecule has 0 amide bonds. The normalized spacial score (nSPS) is 10.7. The van der Waals surface area contributed by atoms with Gasteiger partial charge in [-0.25, -0.2) is 9.59 Å². The zero-order chi connectivity index (χ0) is 10.7. The standard InChI is InChI=1S/C10H11NO3/c1-4-6-7-8(5-2)11(3)10(13)14-9(7)12/h4-6H,2H2,1,3H3/b6-4-. The molecule has 1 rings (SSSR count). The zero-order valence-corrected chi connectivity index (χ0v) is 8.11. The number of allylic oxidation sites excluding steroid dienone is 1. The molecule has 0 saturated carbocycles. The van der Waals surface area contributed by atoms with E-state index >= 15 is 0 Å². The van der Waals surface area contributed by atoms with Crippen molar-refractivity contribution >= 4 is 12.2 Å². The SMILES string of the molecule is C=Cc1c(/C=C\C)c(=O)oc(=O)n1C. The van der Waals surface area contributed by atoms with E-state index < -0.39 is 11.4 Å². The van der Waals surface area contributed by atoms with Gasteiger partial charge in [0.05, 0.1) is 11.3 Å². The van der Waals surface area contributed by atoms with Crippen molar-refractivity contribution in [1.82, 2.24) is 4.57 Å². The molecule has 0 aliphatic heterocycles. The lowest BCUT2D eigenvalue weighted by Gasteiger charge is -2.03. The third-order valence-corrected chi connectivity index (χ3v) is 1.84. The molecule has 0 atom stereocenters. The van der Waals surface area contributed by atoms with Gasteiger partial charge in [-0.1, -0.05) is 12.7 Å². The molecule has 1 aromatic rings. The van der Waals surface area contributed by atoms with Crippen molar-refractivity contribution in [3.63, 3.8) is 0 Å². The number of nitrogens with zero attached hydrogens (tertiary/aromatic N) is 1. The van der Waals surface area contributed by atoms with Crippen LogP contribution >= 0.6 is 0 Å². The molecular weight excluding hydrogens is 182 g/mol. The summed E-state index contributed by atoms with van der Waals surface area (Å²) in [5.74, 6) is -0.682. The van der Waals surface area contributed by atoms with E-state index in [2.05, 4.69) is 11.0 Å². The quantitative estimate of drug-likeness (QED) is 0.704. The van der Waals surface area contributed by atoms with Crippen LogP contribution in [0.4, 0.5) is 0 Å². The molecule has 0 N–H and O–H groups in total. The molecule has 14 heavy (non-hydrogen) atoms. The van der Waals surface area contributed by atoms with Crippen molar-refractivity contribution in [2.45, 2.75) is 6.92 Å². The Balaban J connectivity index is 3.72. The zero-order valence-electron chi connectivity index (χ0n) is 8.11. The maximum absolute atomic E-state index is 11.3. The summed E-state index contributed by atoms with van der Waals surface area (Å²) >= 11 is 0. The smallest absolute Gasteiger partial charge is 0.372 e. The Morgan fingerprint density at radius 3 is 2.57 bits per heavy atom. The second kappa shape index (κ2) is 3.91.